The number of rotatable bonds is 4. The van der Waals surface area contributed by atoms with E-state index >= 15 is 0 Å². The van der Waals surface area contributed by atoms with Crippen molar-refractivity contribution in [3.8, 4) is 0 Å². The Morgan fingerprint density at radius 1 is 1.41 bits per heavy atom. The molecule has 0 spiro atoms. The van der Waals surface area contributed by atoms with Crippen LogP contribution in [0.5, 0.6) is 0 Å². The normalized spacial score (nSPS) is 12.2. The summed E-state index contributed by atoms with van der Waals surface area (Å²) in [4.78, 5) is 21.9. The average molecular weight is 240 g/mol. The molecule has 0 aliphatic rings. The van der Waals surface area contributed by atoms with Gasteiger partial charge in [-0.25, -0.2) is 4.79 Å². The van der Waals surface area contributed by atoms with E-state index in [1.54, 1.807) is 10.9 Å². The van der Waals surface area contributed by atoms with E-state index in [4.69, 9.17) is 5.11 Å². The molecule has 94 valence electrons. The quantitative estimate of drug-likeness (QED) is 0.733. The second-order valence-corrected chi connectivity index (χ2v) is 3.96. The van der Waals surface area contributed by atoms with Gasteiger partial charge >= 0.3 is 12.0 Å². The van der Waals surface area contributed by atoms with E-state index in [0.29, 0.717) is 5.69 Å². The number of nitrogens with one attached hydrogen (secondary N) is 2. The Hall–Kier alpha value is -2.05. The van der Waals surface area contributed by atoms with Gasteiger partial charge < -0.3 is 15.7 Å². The number of aromatic nitrogens is 2. The van der Waals surface area contributed by atoms with Crippen LogP contribution in [0.4, 0.5) is 10.5 Å². The molecule has 0 aromatic carbocycles. The van der Waals surface area contributed by atoms with Gasteiger partial charge in [-0.3, -0.25) is 9.48 Å². The number of hydrogen-bond acceptors (Lipinski definition) is 3. The molecule has 3 N–H and O–H groups in total. The van der Waals surface area contributed by atoms with Crippen LogP contribution in [-0.4, -0.2) is 32.9 Å². The zero-order valence-electron chi connectivity index (χ0n) is 9.97. The number of carbonyl (C=O) groups is 2. The summed E-state index contributed by atoms with van der Waals surface area (Å²) in [5.74, 6) is -1.09. The van der Waals surface area contributed by atoms with Crippen molar-refractivity contribution in [2.24, 2.45) is 0 Å². The van der Waals surface area contributed by atoms with Crippen LogP contribution in [0.3, 0.4) is 0 Å². The zero-order chi connectivity index (χ0) is 13.0. The third kappa shape index (κ3) is 3.78. The van der Waals surface area contributed by atoms with E-state index in [0.717, 1.165) is 0 Å². The van der Waals surface area contributed by atoms with Crippen LogP contribution in [0.2, 0.25) is 0 Å². The van der Waals surface area contributed by atoms with Crippen LogP contribution >= 0.6 is 0 Å². The van der Waals surface area contributed by atoms with Crippen LogP contribution in [-0.2, 0) is 4.79 Å². The maximum absolute atomic E-state index is 11.4. The van der Waals surface area contributed by atoms with Crippen LogP contribution in [0.25, 0.3) is 0 Å². The molecule has 2 amide bonds. The molecule has 0 radical (unpaired) electrons. The molecule has 1 aromatic rings. The lowest BCUT2D eigenvalue weighted by molar-refractivity contribution is -0.138. The average Bonchev–Trinajstić information content (AvgIpc) is 2.65. The largest absolute Gasteiger partial charge is 0.480 e. The topological polar surface area (TPSA) is 96.2 Å². The van der Waals surface area contributed by atoms with E-state index in [2.05, 4.69) is 15.7 Å². The van der Waals surface area contributed by atoms with Gasteiger partial charge in [0.2, 0.25) is 0 Å². The van der Waals surface area contributed by atoms with Crippen molar-refractivity contribution in [1.29, 1.82) is 0 Å². The summed E-state index contributed by atoms with van der Waals surface area (Å²) in [6, 6.07) is -1.30. The Balaban J connectivity index is 2.53. The molecule has 0 aliphatic heterocycles. The summed E-state index contributed by atoms with van der Waals surface area (Å²) < 4.78 is 1.69. The van der Waals surface area contributed by atoms with Gasteiger partial charge in [0.05, 0.1) is 11.9 Å². The molecular weight excluding hydrogens is 224 g/mol. The zero-order valence-corrected chi connectivity index (χ0v) is 9.97. The molecule has 17 heavy (non-hydrogen) atoms. The minimum Gasteiger partial charge on any atom is -0.480 e. The molecule has 0 aliphatic carbocycles. The first-order valence-electron chi connectivity index (χ1n) is 5.24. The van der Waals surface area contributed by atoms with Gasteiger partial charge in [-0.15, -0.1) is 0 Å². The third-order valence-corrected chi connectivity index (χ3v) is 2.11. The number of hydrogen-bond donors (Lipinski definition) is 3. The van der Waals surface area contributed by atoms with Crippen molar-refractivity contribution in [3.05, 3.63) is 12.4 Å². The maximum Gasteiger partial charge on any atom is 0.325 e. The molecular formula is C10H16N4O3. The summed E-state index contributed by atoms with van der Waals surface area (Å²) in [5, 5.41) is 17.4. The minimum absolute atomic E-state index is 0.201. The standard InChI is InChI=1S/C10H16N4O3/c1-6(2)14-5-8(4-11-14)13-10(17)12-7(3)9(15)16/h4-7H,1-3H3,(H,15,16)(H2,12,13,17)/t7-/m1/s1. The van der Waals surface area contributed by atoms with Crippen LogP contribution < -0.4 is 10.6 Å². The smallest absolute Gasteiger partial charge is 0.325 e. The van der Waals surface area contributed by atoms with Crippen molar-refractivity contribution in [3.63, 3.8) is 0 Å². The highest BCUT2D eigenvalue weighted by atomic mass is 16.4. The van der Waals surface area contributed by atoms with E-state index in [9.17, 15) is 9.59 Å². The first-order valence-corrected chi connectivity index (χ1v) is 5.24. The summed E-state index contributed by atoms with van der Waals surface area (Å²) in [7, 11) is 0. The van der Waals surface area contributed by atoms with Gasteiger partial charge in [-0.2, -0.15) is 5.10 Å². The van der Waals surface area contributed by atoms with Gasteiger partial charge in [0, 0.05) is 12.2 Å². The molecule has 1 aromatic heterocycles. The lowest BCUT2D eigenvalue weighted by Gasteiger charge is -2.09. The molecule has 0 saturated carbocycles. The molecule has 1 atom stereocenters. The Morgan fingerprint density at radius 2 is 2.06 bits per heavy atom. The van der Waals surface area contributed by atoms with Gasteiger partial charge in [-0.1, -0.05) is 0 Å². The van der Waals surface area contributed by atoms with Gasteiger partial charge in [0.15, 0.2) is 0 Å². The predicted molar refractivity (Wildman–Crippen MR) is 61.9 cm³/mol. The number of carbonyl (C=O) groups excluding carboxylic acids is 1. The van der Waals surface area contributed by atoms with Crippen LogP contribution in [0.15, 0.2) is 12.4 Å². The fourth-order valence-corrected chi connectivity index (χ4v) is 1.11. The first-order chi connectivity index (χ1) is 7.90. The molecule has 0 bridgehead atoms. The van der Waals surface area contributed by atoms with Crippen molar-refractivity contribution in [2.75, 3.05) is 5.32 Å². The lowest BCUT2D eigenvalue weighted by atomic mass is 10.3. The Bertz CT molecular complexity index is 413. The van der Waals surface area contributed by atoms with Crippen LogP contribution in [0.1, 0.15) is 26.8 Å². The van der Waals surface area contributed by atoms with Crippen LogP contribution in [0, 0.1) is 0 Å². The van der Waals surface area contributed by atoms with Crippen molar-refractivity contribution < 1.29 is 14.7 Å². The molecule has 0 unspecified atom stereocenters. The van der Waals surface area contributed by atoms with Gasteiger partial charge in [0.25, 0.3) is 0 Å². The molecule has 0 saturated heterocycles. The van der Waals surface area contributed by atoms with Crippen molar-refractivity contribution in [2.45, 2.75) is 32.9 Å². The number of carboxylic acids is 1. The van der Waals surface area contributed by atoms with E-state index in [-0.39, 0.29) is 6.04 Å². The summed E-state index contributed by atoms with van der Waals surface area (Å²) in [6.45, 7) is 5.31. The summed E-state index contributed by atoms with van der Waals surface area (Å²) in [6.07, 6.45) is 3.18. The van der Waals surface area contributed by atoms with E-state index < -0.39 is 18.0 Å². The lowest BCUT2D eigenvalue weighted by Crippen LogP contribution is -2.40. The monoisotopic (exact) mass is 240 g/mol. The SMILES string of the molecule is CC(C)n1cc(NC(=O)N[C@H](C)C(=O)O)cn1. The first kappa shape index (κ1) is 13.0. The fourth-order valence-electron chi connectivity index (χ4n) is 1.11. The Labute approximate surface area is 98.8 Å². The Morgan fingerprint density at radius 3 is 2.53 bits per heavy atom. The summed E-state index contributed by atoms with van der Waals surface area (Å²) in [5.41, 5.74) is 0.522. The Kier molecular flexibility index (Phi) is 4.08. The van der Waals surface area contributed by atoms with Gasteiger partial charge in [-0.05, 0) is 20.8 Å². The molecule has 1 rings (SSSR count). The number of aliphatic carboxylic acids is 1. The van der Waals surface area contributed by atoms with Crippen molar-refractivity contribution in [1.82, 2.24) is 15.1 Å². The highest BCUT2D eigenvalue weighted by Gasteiger charge is 2.14. The molecule has 0 fully saturated rings. The molecule has 7 heteroatoms. The minimum atomic E-state index is -1.09. The highest BCUT2D eigenvalue weighted by Crippen LogP contribution is 2.09. The molecule has 1 heterocycles. The number of nitrogens with zero attached hydrogens (tertiary/aromatic N) is 2. The highest BCUT2D eigenvalue weighted by molar-refractivity contribution is 5.91. The second-order valence-electron chi connectivity index (χ2n) is 3.96. The molecule has 7 nitrogen and oxygen atoms in total. The second kappa shape index (κ2) is 5.33. The number of carboxylic acid groups (broad SMARTS) is 1. The maximum atomic E-state index is 11.4. The fraction of sp³-hybridized carbons (Fsp3) is 0.500. The third-order valence-electron chi connectivity index (χ3n) is 2.11. The van der Waals surface area contributed by atoms with Gasteiger partial charge in [0.1, 0.15) is 6.04 Å². The van der Waals surface area contributed by atoms with Crippen molar-refractivity contribution >= 4 is 17.7 Å². The predicted octanol–water partition coefficient (Wildman–Crippen LogP) is 1.06. The summed E-state index contributed by atoms with van der Waals surface area (Å²) >= 11 is 0. The van der Waals surface area contributed by atoms with E-state index in [1.807, 2.05) is 13.8 Å². The number of amides is 2. The number of urea groups is 1. The van der Waals surface area contributed by atoms with E-state index in [1.165, 1.54) is 13.1 Å². The number of anilines is 1.